The smallest absolute Gasteiger partial charge is 0.212 e. The van der Waals surface area contributed by atoms with Crippen molar-refractivity contribution in [2.45, 2.75) is 6.92 Å². The molecule has 0 saturated carbocycles. The van der Waals surface area contributed by atoms with Gasteiger partial charge in [0.05, 0.1) is 5.75 Å². The average Bonchev–Trinajstić information content (AvgIpc) is 2.02. The molecule has 0 aromatic heterocycles. The number of benzene rings is 1. The Kier molecular flexibility index (Phi) is 3.43. The normalized spacial score (nSPS) is 12.9. The molecule has 14 heavy (non-hydrogen) atoms. The lowest BCUT2D eigenvalue weighted by Crippen LogP contribution is -2.16. The van der Waals surface area contributed by atoms with E-state index in [2.05, 4.69) is 0 Å². The third-order valence-corrected chi connectivity index (χ3v) is 2.50. The summed E-state index contributed by atoms with van der Waals surface area (Å²) in [6, 6.07) is 9.53. The lowest BCUT2D eigenvalue weighted by molar-refractivity contribution is 0.600. The highest BCUT2D eigenvalue weighted by molar-refractivity contribution is 7.89. The van der Waals surface area contributed by atoms with Gasteiger partial charge in [0.15, 0.2) is 0 Å². The first kappa shape index (κ1) is 10.9. The maximum Gasteiger partial charge on any atom is 0.212 e. The van der Waals surface area contributed by atoms with Crippen LogP contribution in [0.15, 0.2) is 35.9 Å². The molecule has 0 aliphatic rings. The maximum atomic E-state index is 10.8. The van der Waals surface area contributed by atoms with Gasteiger partial charge in [0, 0.05) is 0 Å². The van der Waals surface area contributed by atoms with Crippen LogP contribution in [-0.2, 0) is 10.0 Å². The van der Waals surface area contributed by atoms with Crippen LogP contribution in [0.3, 0.4) is 0 Å². The van der Waals surface area contributed by atoms with Crippen LogP contribution < -0.4 is 5.14 Å². The van der Waals surface area contributed by atoms with Gasteiger partial charge in [0.2, 0.25) is 10.0 Å². The van der Waals surface area contributed by atoms with E-state index in [4.69, 9.17) is 5.14 Å². The Hall–Kier alpha value is -1.13. The van der Waals surface area contributed by atoms with E-state index in [0.717, 1.165) is 11.1 Å². The van der Waals surface area contributed by atoms with Gasteiger partial charge in [-0.1, -0.05) is 42.0 Å². The number of hydrogen-bond donors (Lipinski definition) is 1. The molecule has 0 aliphatic carbocycles. The zero-order chi connectivity index (χ0) is 10.6. The second kappa shape index (κ2) is 4.39. The summed E-state index contributed by atoms with van der Waals surface area (Å²) in [6.45, 7) is 1.75. The molecule has 0 spiro atoms. The molecule has 0 unspecified atom stereocenters. The van der Waals surface area contributed by atoms with E-state index in [1.807, 2.05) is 36.4 Å². The van der Waals surface area contributed by atoms with E-state index >= 15 is 0 Å². The number of sulfonamides is 1. The van der Waals surface area contributed by atoms with Gasteiger partial charge in [-0.3, -0.25) is 0 Å². The van der Waals surface area contributed by atoms with Crippen molar-refractivity contribution in [2.24, 2.45) is 5.14 Å². The van der Waals surface area contributed by atoms with Crippen molar-refractivity contribution in [3.05, 3.63) is 41.5 Å². The van der Waals surface area contributed by atoms with Gasteiger partial charge < -0.3 is 0 Å². The SMILES string of the molecule is C/C(=C\c1ccccc1)CS(N)(=O)=O. The van der Waals surface area contributed by atoms with Gasteiger partial charge in [-0.25, -0.2) is 13.6 Å². The van der Waals surface area contributed by atoms with Crippen molar-refractivity contribution in [2.75, 3.05) is 5.75 Å². The number of hydrogen-bond acceptors (Lipinski definition) is 2. The van der Waals surface area contributed by atoms with Gasteiger partial charge in [-0.15, -0.1) is 0 Å². The van der Waals surface area contributed by atoms with E-state index in [1.54, 1.807) is 6.92 Å². The molecule has 2 N–H and O–H groups in total. The highest BCUT2D eigenvalue weighted by Crippen LogP contribution is 2.06. The molecule has 0 amide bonds. The van der Waals surface area contributed by atoms with Crippen LogP contribution >= 0.6 is 0 Å². The first-order valence-electron chi connectivity index (χ1n) is 4.20. The number of primary sulfonamides is 1. The summed E-state index contributed by atoms with van der Waals surface area (Å²) in [7, 11) is -3.41. The van der Waals surface area contributed by atoms with Crippen LogP contribution in [0.5, 0.6) is 0 Å². The summed E-state index contributed by atoms with van der Waals surface area (Å²) >= 11 is 0. The van der Waals surface area contributed by atoms with Crippen LogP contribution in [0.2, 0.25) is 0 Å². The Morgan fingerprint density at radius 2 is 1.93 bits per heavy atom. The number of nitrogens with two attached hydrogens (primary N) is 1. The number of rotatable bonds is 3. The molecule has 0 atom stereocenters. The van der Waals surface area contributed by atoms with Crippen molar-refractivity contribution >= 4 is 16.1 Å². The zero-order valence-electron chi connectivity index (χ0n) is 7.97. The van der Waals surface area contributed by atoms with E-state index < -0.39 is 10.0 Å². The summed E-state index contributed by atoms with van der Waals surface area (Å²) in [6.07, 6.45) is 1.81. The van der Waals surface area contributed by atoms with Gasteiger partial charge in [-0.05, 0) is 12.5 Å². The maximum absolute atomic E-state index is 10.8. The Labute approximate surface area is 84.3 Å². The van der Waals surface area contributed by atoms with Crippen LogP contribution in [0, 0.1) is 0 Å². The van der Waals surface area contributed by atoms with Crippen LogP contribution in [-0.4, -0.2) is 14.2 Å². The summed E-state index contributed by atoms with van der Waals surface area (Å²) in [5.41, 5.74) is 1.72. The fourth-order valence-electron chi connectivity index (χ4n) is 1.19. The highest BCUT2D eigenvalue weighted by atomic mass is 32.2. The fraction of sp³-hybridized carbons (Fsp3) is 0.200. The Bertz CT molecular complexity index is 421. The first-order chi connectivity index (χ1) is 6.47. The minimum atomic E-state index is -3.41. The minimum absolute atomic E-state index is 0.0953. The second-order valence-corrected chi connectivity index (χ2v) is 4.82. The topological polar surface area (TPSA) is 60.2 Å². The summed E-state index contributed by atoms with van der Waals surface area (Å²) in [4.78, 5) is 0. The third kappa shape index (κ3) is 4.20. The lowest BCUT2D eigenvalue weighted by Gasteiger charge is -1.99. The van der Waals surface area contributed by atoms with Gasteiger partial charge in [0.1, 0.15) is 0 Å². The highest BCUT2D eigenvalue weighted by Gasteiger charge is 2.03. The lowest BCUT2D eigenvalue weighted by atomic mass is 10.1. The molecule has 0 fully saturated rings. The van der Waals surface area contributed by atoms with Crippen LogP contribution in [0.4, 0.5) is 0 Å². The molecule has 1 aromatic carbocycles. The summed E-state index contributed by atoms with van der Waals surface area (Å²) < 4.78 is 21.5. The first-order valence-corrected chi connectivity index (χ1v) is 5.91. The predicted molar refractivity (Wildman–Crippen MR) is 58.1 cm³/mol. The van der Waals surface area contributed by atoms with Crippen molar-refractivity contribution in [3.8, 4) is 0 Å². The van der Waals surface area contributed by atoms with E-state index in [-0.39, 0.29) is 5.75 Å². The zero-order valence-corrected chi connectivity index (χ0v) is 8.79. The Morgan fingerprint density at radius 3 is 2.43 bits per heavy atom. The van der Waals surface area contributed by atoms with Gasteiger partial charge in [-0.2, -0.15) is 0 Å². The molecule has 0 heterocycles. The molecule has 76 valence electrons. The summed E-state index contributed by atoms with van der Waals surface area (Å²) in [5, 5.41) is 4.92. The van der Waals surface area contributed by atoms with E-state index in [1.165, 1.54) is 0 Å². The van der Waals surface area contributed by atoms with Crippen molar-refractivity contribution in [3.63, 3.8) is 0 Å². The molecular formula is C10H13NO2S. The standard InChI is InChI=1S/C10H13NO2S/c1-9(8-14(11,12)13)7-10-5-3-2-4-6-10/h2-7H,8H2,1H3,(H2,11,12,13)/b9-7+. The van der Waals surface area contributed by atoms with Crippen molar-refractivity contribution in [1.29, 1.82) is 0 Å². The van der Waals surface area contributed by atoms with E-state index in [9.17, 15) is 8.42 Å². The van der Waals surface area contributed by atoms with E-state index in [0.29, 0.717) is 0 Å². The molecule has 1 rings (SSSR count). The molecule has 0 radical (unpaired) electrons. The second-order valence-electron chi connectivity index (χ2n) is 3.21. The molecule has 0 bridgehead atoms. The minimum Gasteiger partial charge on any atom is -0.228 e. The van der Waals surface area contributed by atoms with Crippen molar-refractivity contribution in [1.82, 2.24) is 0 Å². The molecule has 0 saturated heterocycles. The molecular weight excluding hydrogens is 198 g/mol. The predicted octanol–water partition coefficient (Wildman–Crippen LogP) is 1.38. The fourth-order valence-corrected chi connectivity index (χ4v) is 1.91. The third-order valence-electron chi connectivity index (χ3n) is 1.64. The monoisotopic (exact) mass is 211 g/mol. The average molecular weight is 211 g/mol. The quantitative estimate of drug-likeness (QED) is 0.821. The molecule has 4 heteroatoms. The van der Waals surface area contributed by atoms with Crippen LogP contribution in [0.1, 0.15) is 12.5 Å². The molecule has 1 aromatic rings. The van der Waals surface area contributed by atoms with Crippen molar-refractivity contribution < 1.29 is 8.42 Å². The summed E-state index contributed by atoms with van der Waals surface area (Å²) in [5.74, 6) is -0.0953. The Morgan fingerprint density at radius 1 is 1.36 bits per heavy atom. The molecule has 0 aliphatic heterocycles. The Balaban J connectivity index is 2.80. The van der Waals surface area contributed by atoms with Crippen LogP contribution in [0.25, 0.3) is 6.08 Å². The van der Waals surface area contributed by atoms with Gasteiger partial charge >= 0.3 is 0 Å². The van der Waals surface area contributed by atoms with Gasteiger partial charge in [0.25, 0.3) is 0 Å². The largest absolute Gasteiger partial charge is 0.228 e. The molecule has 3 nitrogen and oxygen atoms in total.